The van der Waals surface area contributed by atoms with E-state index in [9.17, 15) is 63.0 Å². The van der Waals surface area contributed by atoms with Crippen LogP contribution in [0.25, 0.3) is 11.1 Å². The number of carboxylic acid groups (broad SMARTS) is 1. The molecule has 1 aliphatic heterocycles. The van der Waals surface area contributed by atoms with Crippen molar-refractivity contribution in [1.82, 2.24) is 79.0 Å². The maximum Gasteiger partial charge on any atom is 0.305 e. The van der Waals surface area contributed by atoms with Crippen LogP contribution in [0.4, 0.5) is 0 Å². The Labute approximate surface area is 796 Å². The summed E-state index contributed by atoms with van der Waals surface area (Å²) in [5.74, 6) is -23.2. The molecule has 1 aliphatic rings. The van der Waals surface area contributed by atoms with E-state index in [-0.39, 0.29) is 75.9 Å². The zero-order chi connectivity index (χ0) is 101. The number of aromatic nitrogens is 1. The van der Waals surface area contributed by atoms with E-state index in [4.69, 9.17) is 21.9 Å². The minimum absolute atomic E-state index is 0.0777. The van der Waals surface area contributed by atoms with Crippen LogP contribution >= 0.6 is 11.8 Å². The van der Waals surface area contributed by atoms with Crippen molar-refractivity contribution in [3.8, 4) is 16.9 Å². The second-order valence-electron chi connectivity index (χ2n) is 36.4. The second kappa shape index (κ2) is 54.3. The fourth-order valence-electron chi connectivity index (χ4n) is 14.8. The van der Waals surface area contributed by atoms with Crippen LogP contribution < -0.4 is 91.1 Å². The van der Waals surface area contributed by atoms with Gasteiger partial charge in [-0.15, -0.1) is 11.8 Å². The molecule has 39 nitrogen and oxygen atoms in total. The van der Waals surface area contributed by atoms with Gasteiger partial charge in [-0.05, 0) is 127 Å². The molecule has 0 saturated carbocycles. The summed E-state index contributed by atoms with van der Waals surface area (Å²) < 4.78 is 5.67. The van der Waals surface area contributed by atoms with Gasteiger partial charge in [0.15, 0.2) is 5.78 Å². The summed E-state index contributed by atoms with van der Waals surface area (Å²) in [4.78, 5) is 266. The average molecular weight is 1910 g/mol. The number of aliphatic hydroxyl groups is 1. The van der Waals surface area contributed by atoms with E-state index in [1.807, 2.05) is 42.5 Å². The lowest BCUT2D eigenvalue weighted by molar-refractivity contribution is -0.143. The quantitative estimate of drug-likeness (QED) is 0.0323. The molecule has 14 atom stereocenters. The number of carbonyl (C=O) groups is 18. The van der Waals surface area contributed by atoms with Gasteiger partial charge in [-0.3, -0.25) is 91.3 Å². The molecule has 0 unspecified atom stereocenters. The highest BCUT2D eigenvalue weighted by molar-refractivity contribution is 8.00. The fourth-order valence-corrected chi connectivity index (χ4v) is 15.7. The number of ether oxygens (including phenoxy) is 1. The molecule has 1 aromatic heterocycles. The Kier molecular flexibility index (Phi) is 44.6. The van der Waals surface area contributed by atoms with E-state index in [1.165, 1.54) is 38.5 Å². The van der Waals surface area contributed by atoms with Crippen molar-refractivity contribution in [3.05, 3.63) is 155 Å². The number of carbonyl (C=O) groups excluding carboxylic acids is 17. The molecular weight excluding hydrogens is 1770 g/mol. The predicted molar refractivity (Wildman–Crippen MR) is 507 cm³/mol. The number of nitrogens with two attached hydrogens (primary N) is 3. The molecule has 0 bridgehead atoms. The van der Waals surface area contributed by atoms with Gasteiger partial charge < -0.3 is 106 Å². The Balaban J connectivity index is 1.49. The van der Waals surface area contributed by atoms with Gasteiger partial charge in [-0.2, -0.15) is 0 Å². The number of aryl methyl sites for hydroxylation is 1. The highest BCUT2D eigenvalue weighted by Crippen LogP contribution is 2.25. The maximum atomic E-state index is 15.4. The standard InChI is InChI=1S/C96H134N18O21S/c1-52(2)37-67-77(116)45-66(55(7)8)84(123)113-96(13,51-115)95(134)111-76(85(124)101-48-79(99)118)49-136-50-80(119)102-70(41-60-25-29-65(30-26-60)135-36-33-97)88(127)106-71(43-61-31-34-100-35-32-61)89(128)110-75(47-81(120)121)92(131)108-73(44-62-20-18-19-57(11)40-62)90(129)105-69(39-54(5)6)87(126)107-72(42-59-23-27-64(28-24-59)63-21-16-15-17-22-63)93(132)112-82(56(9)10)94(133)114(14)58(12)83(122)104-68(38-53(3)4)86(125)109-74(46-78(98)117)91(130)103-67/h15-32,34-35,40,52-56,58,66-76,82,115H,33,36-39,41-51,97H2,1-14H3,(H2,98,117)(H2,99,118)(H,101,124)(H,102,119)(H,103,130)(H,104,122)(H,105,129)(H,106,127)(H,107,126)(H,108,131)(H,109,125)(H,110,128)(H,111,134)(H,112,132)(H,113,123)(H,120,121)/t58-,66-,67-,68+,69-,70-,71-,72-,73-,74-,75-,76-,82-,96-/m0/s1. The summed E-state index contributed by atoms with van der Waals surface area (Å²) in [6, 6.07) is 13.2. The van der Waals surface area contributed by atoms with E-state index >= 15 is 33.6 Å². The number of ketones is 1. The van der Waals surface area contributed by atoms with Gasteiger partial charge in [0.25, 0.3) is 0 Å². The molecule has 136 heavy (non-hydrogen) atoms. The number of aliphatic carboxylic acids is 1. The van der Waals surface area contributed by atoms with Crippen molar-refractivity contribution in [2.75, 3.05) is 44.9 Å². The zero-order valence-electron chi connectivity index (χ0n) is 79.5. The van der Waals surface area contributed by atoms with E-state index in [1.54, 1.807) is 137 Å². The molecule has 4 aromatic carbocycles. The first-order chi connectivity index (χ1) is 64.2. The number of rotatable bonds is 28. The molecule has 1 fully saturated rings. The normalized spacial score (nSPS) is 23.6. The number of carboxylic acids is 1. The first-order valence-electron chi connectivity index (χ1n) is 45.4. The Bertz CT molecular complexity index is 4970. The van der Waals surface area contributed by atoms with Crippen molar-refractivity contribution in [2.24, 2.45) is 52.7 Å². The lowest BCUT2D eigenvalue weighted by Crippen LogP contribution is -2.64. The van der Waals surface area contributed by atoms with Crippen molar-refractivity contribution in [3.63, 3.8) is 0 Å². The molecule has 0 aliphatic carbocycles. The molecule has 0 radical (unpaired) electrons. The van der Waals surface area contributed by atoms with Crippen molar-refractivity contribution < 1.29 is 101 Å². The molecule has 16 amide bonds. The third-order valence-corrected chi connectivity index (χ3v) is 23.6. The number of thioether (sulfide) groups is 1. The smallest absolute Gasteiger partial charge is 0.305 e. The number of primary amides is 2. The van der Waals surface area contributed by atoms with Gasteiger partial charge in [0.05, 0.1) is 37.8 Å². The number of amides is 16. The summed E-state index contributed by atoms with van der Waals surface area (Å²) in [5.41, 5.74) is 18.6. The number of likely N-dealkylation sites (N-methyl/N-ethyl adjacent to an activating group) is 1. The summed E-state index contributed by atoms with van der Waals surface area (Å²) >= 11 is 0.709. The molecular formula is C96H134N18O21S. The summed E-state index contributed by atoms with van der Waals surface area (Å²) in [7, 11) is 1.28. The van der Waals surface area contributed by atoms with Crippen molar-refractivity contribution >= 4 is 118 Å². The van der Waals surface area contributed by atoms with Crippen LogP contribution in [0.2, 0.25) is 0 Å². The lowest BCUT2D eigenvalue weighted by Gasteiger charge is -2.33. The van der Waals surface area contributed by atoms with Crippen LogP contribution in [0.1, 0.15) is 149 Å². The Morgan fingerprint density at radius 3 is 1.45 bits per heavy atom. The number of aliphatic hydroxyl groups excluding tert-OH is 1. The number of benzene rings is 4. The fraction of sp³-hybridized carbons (Fsp3) is 0.510. The summed E-state index contributed by atoms with van der Waals surface area (Å²) in [5, 5.41) is 55.3. The summed E-state index contributed by atoms with van der Waals surface area (Å²) in [6.45, 7) is 19.4. The maximum absolute atomic E-state index is 15.4. The van der Waals surface area contributed by atoms with Gasteiger partial charge in [-0.1, -0.05) is 166 Å². The lowest BCUT2D eigenvalue weighted by atomic mass is 9.85. The third-order valence-electron chi connectivity index (χ3n) is 22.5. The van der Waals surface area contributed by atoms with E-state index in [0.29, 0.717) is 39.8 Å². The molecule has 0 spiro atoms. The van der Waals surface area contributed by atoms with Crippen LogP contribution in [0.5, 0.6) is 5.75 Å². The minimum atomic E-state index is -2.32. The van der Waals surface area contributed by atoms with Gasteiger partial charge in [0.2, 0.25) is 94.5 Å². The summed E-state index contributed by atoms with van der Waals surface area (Å²) in [6.07, 6.45) is -1.32. The number of nitrogens with zero attached hydrogens (tertiary/aromatic N) is 2. The third kappa shape index (κ3) is 36.5. The molecule has 21 N–H and O–H groups in total. The first kappa shape index (κ1) is 112. The van der Waals surface area contributed by atoms with Crippen molar-refractivity contribution in [1.29, 1.82) is 0 Å². The number of pyridine rings is 1. The number of hydrogen-bond acceptors (Lipinski definition) is 23. The molecule has 2 heterocycles. The van der Waals surface area contributed by atoms with Crippen molar-refractivity contribution in [2.45, 2.75) is 232 Å². The van der Waals surface area contributed by atoms with Gasteiger partial charge >= 0.3 is 5.97 Å². The van der Waals surface area contributed by atoms with Crippen LogP contribution in [-0.2, 0) is 112 Å². The molecule has 6 rings (SSSR count). The molecule has 740 valence electrons. The topological polar surface area (TPSA) is 608 Å². The number of Topliss-reactive ketones (excluding diaryl/α,β-unsaturated/α-hetero) is 1. The van der Waals surface area contributed by atoms with Gasteiger partial charge in [0.1, 0.15) is 84.4 Å². The SMILES string of the molecule is Cc1cccc(C[C@@H]2NC(=O)[C@H](CC(=O)O)NC(=O)[C@H](Cc3ccncc3)NC(=O)[C@H](Cc3ccc(OCCN)cc3)NC(=O)CSC[C@@H](C(=O)NCC(N)=O)NC(=O)[C@](C)(CO)NC(=O)[C@H](C(C)C)CC(=O)[C@H](CC(C)C)NC(=O)[C@H](CC(N)=O)NC(=O)[C@@H](CC(C)C)NC(=O)[C@H](C)N(C)C(=O)[C@H](C(C)C)NC(=O)[C@H](Cc3ccc(-c4ccccc4)cc3)NC(=O)[C@H](CC(C)C)NC2=O)c1. The Morgan fingerprint density at radius 2 is 0.963 bits per heavy atom. The zero-order valence-corrected chi connectivity index (χ0v) is 80.3. The molecule has 1 saturated heterocycles. The average Bonchev–Trinajstić information content (AvgIpc) is 0.818. The monoisotopic (exact) mass is 1910 g/mol. The second-order valence-corrected chi connectivity index (χ2v) is 37.4. The number of hydrogen-bond donors (Lipinski definition) is 18. The van der Waals surface area contributed by atoms with Crippen LogP contribution in [0.3, 0.4) is 0 Å². The first-order valence-corrected chi connectivity index (χ1v) is 46.5. The van der Waals surface area contributed by atoms with Gasteiger partial charge in [-0.25, -0.2) is 0 Å². The molecule has 40 heteroatoms. The van der Waals surface area contributed by atoms with E-state index < -0.39 is 246 Å². The van der Waals surface area contributed by atoms with E-state index in [0.717, 1.165) is 28.5 Å². The van der Waals surface area contributed by atoms with Gasteiger partial charge in [0, 0.05) is 69.8 Å². The van der Waals surface area contributed by atoms with Crippen LogP contribution in [0, 0.1) is 42.4 Å². The molecule has 5 aromatic rings. The highest BCUT2D eigenvalue weighted by atomic mass is 32.2. The van der Waals surface area contributed by atoms with Crippen LogP contribution in [0.15, 0.2) is 128 Å². The Hall–Kier alpha value is -13.2. The minimum Gasteiger partial charge on any atom is -0.492 e. The Morgan fingerprint density at radius 1 is 0.515 bits per heavy atom. The van der Waals surface area contributed by atoms with Crippen LogP contribution in [-0.4, -0.2) is 249 Å². The largest absolute Gasteiger partial charge is 0.492 e. The van der Waals surface area contributed by atoms with E-state index in [2.05, 4.69) is 74.1 Å². The number of nitrogens with one attached hydrogen (secondary N) is 13. The highest BCUT2D eigenvalue weighted by Gasteiger charge is 2.43. The predicted octanol–water partition coefficient (Wildman–Crippen LogP) is 0.436.